The lowest BCUT2D eigenvalue weighted by atomic mass is 10.2. The molecule has 0 fully saturated rings. The van der Waals surface area contributed by atoms with Gasteiger partial charge in [0, 0.05) is 11.6 Å². The standard InChI is InChI=1S/C10H18N2OS/c1-3-9(13)4-5-11-8(2)10-12-6-7-14-10/h6-9,11,13H,3-5H2,1-2H3. The summed E-state index contributed by atoms with van der Waals surface area (Å²) in [5.74, 6) is 0. The number of aliphatic hydroxyl groups excluding tert-OH is 1. The van der Waals surface area contributed by atoms with Gasteiger partial charge in [-0.2, -0.15) is 0 Å². The van der Waals surface area contributed by atoms with Crippen LogP contribution < -0.4 is 5.32 Å². The van der Waals surface area contributed by atoms with Crippen molar-refractivity contribution in [3.05, 3.63) is 16.6 Å². The van der Waals surface area contributed by atoms with E-state index in [0.717, 1.165) is 24.4 Å². The highest BCUT2D eigenvalue weighted by Gasteiger charge is 2.07. The van der Waals surface area contributed by atoms with Gasteiger partial charge in [-0.3, -0.25) is 0 Å². The highest BCUT2D eigenvalue weighted by atomic mass is 32.1. The molecule has 2 unspecified atom stereocenters. The number of aromatic nitrogens is 1. The first kappa shape index (κ1) is 11.6. The summed E-state index contributed by atoms with van der Waals surface area (Å²) in [6.07, 6.45) is 3.28. The molecule has 0 aliphatic carbocycles. The molecule has 14 heavy (non-hydrogen) atoms. The van der Waals surface area contributed by atoms with Gasteiger partial charge >= 0.3 is 0 Å². The minimum atomic E-state index is -0.175. The molecular weight excluding hydrogens is 196 g/mol. The van der Waals surface area contributed by atoms with E-state index in [4.69, 9.17) is 0 Å². The predicted molar refractivity (Wildman–Crippen MR) is 59.4 cm³/mol. The van der Waals surface area contributed by atoms with Crippen molar-refractivity contribution in [3.63, 3.8) is 0 Å². The maximum absolute atomic E-state index is 9.35. The average molecular weight is 214 g/mol. The summed E-state index contributed by atoms with van der Waals surface area (Å²) in [6, 6.07) is 0.291. The van der Waals surface area contributed by atoms with Crippen LogP contribution in [0.3, 0.4) is 0 Å². The molecule has 0 radical (unpaired) electrons. The minimum absolute atomic E-state index is 0.175. The smallest absolute Gasteiger partial charge is 0.109 e. The molecule has 0 saturated carbocycles. The summed E-state index contributed by atoms with van der Waals surface area (Å²) in [4.78, 5) is 4.23. The summed E-state index contributed by atoms with van der Waals surface area (Å²) in [7, 11) is 0. The fourth-order valence-electron chi connectivity index (χ4n) is 1.21. The second kappa shape index (κ2) is 6.11. The van der Waals surface area contributed by atoms with Crippen LogP contribution in [-0.2, 0) is 0 Å². The molecule has 0 spiro atoms. The van der Waals surface area contributed by atoms with Crippen LogP contribution in [0, 0.1) is 0 Å². The molecule has 0 aromatic carbocycles. The van der Waals surface area contributed by atoms with Crippen LogP contribution in [-0.4, -0.2) is 22.7 Å². The Hall–Kier alpha value is -0.450. The molecule has 1 rings (SSSR count). The van der Waals surface area contributed by atoms with Crippen molar-refractivity contribution in [2.45, 2.75) is 38.8 Å². The fraction of sp³-hybridized carbons (Fsp3) is 0.700. The zero-order valence-corrected chi connectivity index (χ0v) is 9.55. The molecule has 3 nitrogen and oxygen atoms in total. The van der Waals surface area contributed by atoms with Crippen LogP contribution in [0.2, 0.25) is 0 Å². The van der Waals surface area contributed by atoms with E-state index in [2.05, 4.69) is 17.2 Å². The normalized spacial score (nSPS) is 15.4. The topological polar surface area (TPSA) is 45.1 Å². The molecule has 0 bridgehead atoms. The Balaban J connectivity index is 2.19. The molecule has 80 valence electrons. The van der Waals surface area contributed by atoms with Crippen molar-refractivity contribution in [1.82, 2.24) is 10.3 Å². The van der Waals surface area contributed by atoms with E-state index >= 15 is 0 Å². The van der Waals surface area contributed by atoms with Crippen molar-refractivity contribution in [3.8, 4) is 0 Å². The number of thiazole rings is 1. The first-order valence-electron chi connectivity index (χ1n) is 5.05. The number of hydrogen-bond donors (Lipinski definition) is 2. The van der Waals surface area contributed by atoms with Crippen molar-refractivity contribution in [2.75, 3.05) is 6.54 Å². The highest BCUT2D eigenvalue weighted by molar-refractivity contribution is 7.09. The average Bonchev–Trinajstić information content (AvgIpc) is 2.70. The highest BCUT2D eigenvalue weighted by Crippen LogP contribution is 2.14. The Bertz CT molecular complexity index is 238. The van der Waals surface area contributed by atoms with E-state index in [0.29, 0.717) is 6.04 Å². The number of nitrogens with one attached hydrogen (secondary N) is 1. The van der Waals surface area contributed by atoms with Gasteiger partial charge in [-0.15, -0.1) is 11.3 Å². The van der Waals surface area contributed by atoms with Crippen LogP contribution in [0.1, 0.15) is 37.7 Å². The Morgan fingerprint density at radius 1 is 1.64 bits per heavy atom. The van der Waals surface area contributed by atoms with Crippen LogP contribution >= 0.6 is 11.3 Å². The van der Waals surface area contributed by atoms with Gasteiger partial charge in [0.2, 0.25) is 0 Å². The summed E-state index contributed by atoms with van der Waals surface area (Å²) in [5, 5.41) is 15.8. The third-order valence-electron chi connectivity index (χ3n) is 2.22. The van der Waals surface area contributed by atoms with Crippen molar-refractivity contribution < 1.29 is 5.11 Å². The fourth-order valence-corrected chi connectivity index (χ4v) is 1.88. The Labute approximate surface area is 89.2 Å². The zero-order chi connectivity index (χ0) is 10.4. The minimum Gasteiger partial charge on any atom is -0.393 e. The second-order valence-corrected chi connectivity index (χ2v) is 4.32. The number of aliphatic hydroxyl groups is 1. The van der Waals surface area contributed by atoms with Crippen LogP contribution in [0.5, 0.6) is 0 Å². The summed E-state index contributed by atoms with van der Waals surface area (Å²) >= 11 is 1.66. The van der Waals surface area contributed by atoms with Gasteiger partial charge in [0.1, 0.15) is 5.01 Å². The summed E-state index contributed by atoms with van der Waals surface area (Å²) < 4.78 is 0. The SMILES string of the molecule is CCC(O)CCNC(C)c1nccs1. The van der Waals surface area contributed by atoms with Crippen LogP contribution in [0.15, 0.2) is 11.6 Å². The van der Waals surface area contributed by atoms with Gasteiger partial charge in [0.25, 0.3) is 0 Å². The van der Waals surface area contributed by atoms with Gasteiger partial charge in [-0.1, -0.05) is 6.92 Å². The van der Waals surface area contributed by atoms with Crippen molar-refractivity contribution >= 4 is 11.3 Å². The third kappa shape index (κ3) is 3.74. The first-order chi connectivity index (χ1) is 6.74. The Kier molecular flexibility index (Phi) is 5.07. The van der Waals surface area contributed by atoms with E-state index in [1.165, 1.54) is 0 Å². The van der Waals surface area contributed by atoms with E-state index in [1.54, 1.807) is 11.3 Å². The lowest BCUT2D eigenvalue weighted by Gasteiger charge is -2.12. The molecule has 0 amide bonds. The largest absolute Gasteiger partial charge is 0.393 e. The lowest BCUT2D eigenvalue weighted by Crippen LogP contribution is -2.23. The second-order valence-electron chi connectivity index (χ2n) is 3.40. The van der Waals surface area contributed by atoms with E-state index in [-0.39, 0.29) is 6.10 Å². The number of nitrogens with zero attached hydrogens (tertiary/aromatic N) is 1. The summed E-state index contributed by atoms with van der Waals surface area (Å²) in [6.45, 7) is 4.93. The van der Waals surface area contributed by atoms with Gasteiger partial charge < -0.3 is 10.4 Å². The van der Waals surface area contributed by atoms with Crippen LogP contribution in [0.4, 0.5) is 0 Å². The van der Waals surface area contributed by atoms with E-state index in [9.17, 15) is 5.11 Å². The molecule has 2 atom stereocenters. The molecule has 0 saturated heterocycles. The maximum atomic E-state index is 9.35. The van der Waals surface area contributed by atoms with Crippen molar-refractivity contribution in [1.29, 1.82) is 0 Å². The monoisotopic (exact) mass is 214 g/mol. The van der Waals surface area contributed by atoms with E-state index < -0.39 is 0 Å². The van der Waals surface area contributed by atoms with Crippen LogP contribution in [0.25, 0.3) is 0 Å². The number of hydrogen-bond acceptors (Lipinski definition) is 4. The van der Waals surface area contributed by atoms with E-state index in [1.807, 2.05) is 18.5 Å². The third-order valence-corrected chi connectivity index (χ3v) is 3.18. The zero-order valence-electron chi connectivity index (χ0n) is 8.73. The van der Waals surface area contributed by atoms with Gasteiger partial charge in [0.15, 0.2) is 0 Å². The first-order valence-corrected chi connectivity index (χ1v) is 5.92. The molecule has 1 aromatic rings. The predicted octanol–water partition coefficient (Wildman–Crippen LogP) is 1.95. The quantitative estimate of drug-likeness (QED) is 0.761. The molecule has 0 aliphatic heterocycles. The maximum Gasteiger partial charge on any atom is 0.109 e. The van der Waals surface area contributed by atoms with Crippen molar-refractivity contribution in [2.24, 2.45) is 0 Å². The summed E-state index contributed by atoms with van der Waals surface area (Å²) in [5.41, 5.74) is 0. The lowest BCUT2D eigenvalue weighted by molar-refractivity contribution is 0.159. The molecular formula is C10H18N2OS. The molecule has 1 aromatic heterocycles. The molecule has 1 heterocycles. The Morgan fingerprint density at radius 3 is 3.00 bits per heavy atom. The van der Waals surface area contributed by atoms with Gasteiger partial charge in [-0.05, 0) is 26.3 Å². The molecule has 0 aliphatic rings. The Morgan fingerprint density at radius 2 is 2.43 bits per heavy atom. The number of rotatable bonds is 6. The van der Waals surface area contributed by atoms with Gasteiger partial charge in [0.05, 0.1) is 12.1 Å². The van der Waals surface area contributed by atoms with Gasteiger partial charge in [-0.25, -0.2) is 4.98 Å². The molecule has 4 heteroatoms. The molecule has 2 N–H and O–H groups in total.